The van der Waals surface area contributed by atoms with Gasteiger partial charge in [-0.1, -0.05) is 12.1 Å². The fourth-order valence-electron chi connectivity index (χ4n) is 2.02. The van der Waals surface area contributed by atoms with E-state index in [-0.39, 0.29) is 12.6 Å². The molecule has 1 rings (SSSR count). The second-order valence-electron chi connectivity index (χ2n) is 5.67. The lowest BCUT2D eigenvalue weighted by atomic mass is 10.0. The minimum Gasteiger partial charge on any atom is -0.491 e. The van der Waals surface area contributed by atoms with Gasteiger partial charge < -0.3 is 15.2 Å². The second kappa shape index (κ2) is 8.00. The van der Waals surface area contributed by atoms with Crippen LogP contribution in [0.5, 0.6) is 5.75 Å². The Balaban J connectivity index is 2.61. The molecule has 0 aliphatic carbocycles. The number of primary amides is 1. The van der Waals surface area contributed by atoms with Gasteiger partial charge in [0.2, 0.25) is 5.91 Å². The van der Waals surface area contributed by atoms with Gasteiger partial charge in [0.15, 0.2) is 0 Å². The number of methoxy groups -OCH3 is 1. The zero-order chi connectivity index (χ0) is 15.9. The van der Waals surface area contributed by atoms with Gasteiger partial charge in [0.05, 0.1) is 6.61 Å². The molecule has 5 nitrogen and oxygen atoms in total. The molecule has 1 atom stereocenters. The maximum Gasteiger partial charge on any atom is 0.240 e. The maximum atomic E-state index is 11.6. The number of amides is 1. The SMILES string of the molecule is COCCc1ccc(OCC(C)(NC(C)C)C(N)=O)cc1. The van der Waals surface area contributed by atoms with Crippen LogP contribution in [0.15, 0.2) is 24.3 Å². The van der Waals surface area contributed by atoms with Gasteiger partial charge in [-0.3, -0.25) is 10.1 Å². The number of ether oxygens (including phenoxy) is 2. The summed E-state index contributed by atoms with van der Waals surface area (Å²) in [7, 11) is 1.68. The van der Waals surface area contributed by atoms with E-state index in [9.17, 15) is 4.79 Å². The summed E-state index contributed by atoms with van der Waals surface area (Å²) in [5.41, 5.74) is 5.76. The Morgan fingerprint density at radius 3 is 2.43 bits per heavy atom. The molecule has 0 spiro atoms. The molecule has 0 heterocycles. The molecule has 0 aromatic heterocycles. The Labute approximate surface area is 126 Å². The van der Waals surface area contributed by atoms with Crippen LogP contribution in [0, 0.1) is 0 Å². The van der Waals surface area contributed by atoms with Crippen LogP contribution < -0.4 is 15.8 Å². The van der Waals surface area contributed by atoms with Gasteiger partial charge in [-0.05, 0) is 44.9 Å². The summed E-state index contributed by atoms with van der Waals surface area (Å²) >= 11 is 0. The first-order valence-corrected chi connectivity index (χ1v) is 7.15. The standard InChI is InChI=1S/C16H26N2O3/c1-12(2)18-16(3,15(17)19)11-21-14-7-5-13(6-8-14)9-10-20-4/h5-8,12,18H,9-11H2,1-4H3,(H2,17,19). The van der Waals surface area contributed by atoms with E-state index < -0.39 is 11.4 Å². The summed E-state index contributed by atoms with van der Waals surface area (Å²) in [6, 6.07) is 7.91. The highest BCUT2D eigenvalue weighted by molar-refractivity contribution is 5.84. The predicted molar refractivity (Wildman–Crippen MR) is 83.4 cm³/mol. The van der Waals surface area contributed by atoms with Crippen LogP contribution in [0.2, 0.25) is 0 Å². The van der Waals surface area contributed by atoms with Gasteiger partial charge >= 0.3 is 0 Å². The third-order valence-electron chi connectivity index (χ3n) is 3.20. The Morgan fingerprint density at radius 1 is 1.33 bits per heavy atom. The Bertz CT molecular complexity index is 445. The van der Waals surface area contributed by atoms with E-state index in [1.807, 2.05) is 38.1 Å². The fraction of sp³-hybridized carbons (Fsp3) is 0.562. The molecule has 0 radical (unpaired) electrons. The molecular formula is C16H26N2O3. The molecule has 3 N–H and O–H groups in total. The number of hydrogen-bond acceptors (Lipinski definition) is 4. The first-order valence-electron chi connectivity index (χ1n) is 7.15. The minimum absolute atomic E-state index is 0.141. The van der Waals surface area contributed by atoms with Crippen molar-refractivity contribution in [1.82, 2.24) is 5.32 Å². The summed E-state index contributed by atoms with van der Waals surface area (Å²) in [4.78, 5) is 11.6. The molecule has 21 heavy (non-hydrogen) atoms. The van der Waals surface area contributed by atoms with E-state index in [4.69, 9.17) is 15.2 Å². The highest BCUT2D eigenvalue weighted by Crippen LogP contribution is 2.15. The van der Waals surface area contributed by atoms with Crippen LogP contribution in [-0.2, 0) is 16.0 Å². The molecule has 0 aliphatic heterocycles. The van der Waals surface area contributed by atoms with Crippen LogP contribution in [-0.4, -0.2) is 37.8 Å². The molecular weight excluding hydrogens is 268 g/mol. The van der Waals surface area contributed by atoms with Crippen LogP contribution in [0.3, 0.4) is 0 Å². The van der Waals surface area contributed by atoms with Gasteiger partial charge in [0, 0.05) is 13.2 Å². The van der Waals surface area contributed by atoms with Crippen molar-refractivity contribution in [3.8, 4) is 5.75 Å². The molecule has 1 aromatic carbocycles. The summed E-state index contributed by atoms with van der Waals surface area (Å²) < 4.78 is 10.7. The van der Waals surface area contributed by atoms with Gasteiger partial charge in [-0.25, -0.2) is 0 Å². The normalized spacial score (nSPS) is 14.0. The number of nitrogens with two attached hydrogens (primary N) is 1. The van der Waals surface area contributed by atoms with E-state index >= 15 is 0 Å². The molecule has 0 fully saturated rings. The third-order valence-corrected chi connectivity index (χ3v) is 3.20. The number of carbonyl (C=O) groups excluding carboxylic acids is 1. The number of rotatable bonds is 9. The first-order chi connectivity index (χ1) is 9.87. The molecule has 1 aromatic rings. The fourth-order valence-corrected chi connectivity index (χ4v) is 2.02. The van der Waals surface area contributed by atoms with Crippen molar-refractivity contribution < 1.29 is 14.3 Å². The minimum atomic E-state index is -0.886. The summed E-state index contributed by atoms with van der Waals surface area (Å²) in [5, 5.41) is 3.15. The molecule has 1 amide bonds. The highest BCUT2D eigenvalue weighted by Gasteiger charge is 2.32. The Hall–Kier alpha value is -1.59. The van der Waals surface area contributed by atoms with Crippen molar-refractivity contribution in [2.75, 3.05) is 20.3 Å². The van der Waals surface area contributed by atoms with Crippen molar-refractivity contribution >= 4 is 5.91 Å². The zero-order valence-corrected chi connectivity index (χ0v) is 13.3. The third kappa shape index (κ3) is 5.73. The smallest absolute Gasteiger partial charge is 0.240 e. The second-order valence-corrected chi connectivity index (χ2v) is 5.67. The molecule has 0 saturated heterocycles. The monoisotopic (exact) mass is 294 g/mol. The molecule has 0 saturated carbocycles. The van der Waals surface area contributed by atoms with E-state index in [1.165, 1.54) is 5.56 Å². The van der Waals surface area contributed by atoms with E-state index in [0.717, 1.165) is 6.42 Å². The number of hydrogen-bond donors (Lipinski definition) is 2. The van der Waals surface area contributed by atoms with Crippen molar-refractivity contribution in [2.45, 2.75) is 38.8 Å². The topological polar surface area (TPSA) is 73.6 Å². The van der Waals surface area contributed by atoms with Gasteiger partial charge in [0.1, 0.15) is 17.9 Å². The van der Waals surface area contributed by atoms with Gasteiger partial charge in [-0.2, -0.15) is 0 Å². The molecule has 118 valence electrons. The van der Waals surface area contributed by atoms with E-state index in [2.05, 4.69) is 5.32 Å². The van der Waals surface area contributed by atoms with Crippen molar-refractivity contribution in [2.24, 2.45) is 5.73 Å². The zero-order valence-electron chi connectivity index (χ0n) is 13.3. The predicted octanol–water partition coefficient (Wildman–Crippen LogP) is 1.50. The van der Waals surface area contributed by atoms with Crippen molar-refractivity contribution in [1.29, 1.82) is 0 Å². The summed E-state index contributed by atoms with van der Waals surface area (Å²) in [6.07, 6.45) is 0.866. The lowest BCUT2D eigenvalue weighted by Gasteiger charge is -2.29. The number of nitrogens with one attached hydrogen (secondary N) is 1. The molecule has 0 bridgehead atoms. The van der Waals surface area contributed by atoms with Crippen LogP contribution in [0.4, 0.5) is 0 Å². The molecule has 0 aliphatic rings. The van der Waals surface area contributed by atoms with Crippen LogP contribution >= 0.6 is 0 Å². The number of benzene rings is 1. The first kappa shape index (κ1) is 17.5. The van der Waals surface area contributed by atoms with Crippen LogP contribution in [0.1, 0.15) is 26.3 Å². The van der Waals surface area contributed by atoms with Gasteiger partial charge in [0.25, 0.3) is 0 Å². The van der Waals surface area contributed by atoms with E-state index in [0.29, 0.717) is 12.4 Å². The van der Waals surface area contributed by atoms with Gasteiger partial charge in [-0.15, -0.1) is 0 Å². The average Bonchev–Trinajstić information content (AvgIpc) is 2.43. The Morgan fingerprint density at radius 2 is 1.95 bits per heavy atom. The maximum absolute atomic E-state index is 11.6. The summed E-state index contributed by atoms with van der Waals surface area (Å²) in [6.45, 7) is 6.57. The van der Waals surface area contributed by atoms with Crippen LogP contribution in [0.25, 0.3) is 0 Å². The average molecular weight is 294 g/mol. The van der Waals surface area contributed by atoms with E-state index in [1.54, 1.807) is 14.0 Å². The van der Waals surface area contributed by atoms with Crippen molar-refractivity contribution in [3.63, 3.8) is 0 Å². The number of carbonyl (C=O) groups is 1. The molecule has 1 unspecified atom stereocenters. The summed E-state index contributed by atoms with van der Waals surface area (Å²) in [5.74, 6) is 0.294. The highest BCUT2D eigenvalue weighted by atomic mass is 16.5. The molecule has 5 heteroatoms. The Kier molecular flexibility index (Phi) is 6.65. The lowest BCUT2D eigenvalue weighted by molar-refractivity contribution is -0.125. The quantitative estimate of drug-likeness (QED) is 0.724. The largest absolute Gasteiger partial charge is 0.491 e. The van der Waals surface area contributed by atoms with Crippen molar-refractivity contribution in [3.05, 3.63) is 29.8 Å². The lowest BCUT2D eigenvalue weighted by Crippen LogP contribution is -2.59.